The van der Waals surface area contributed by atoms with Crippen LogP contribution in [0, 0.1) is 10.8 Å². The summed E-state index contributed by atoms with van der Waals surface area (Å²) in [6.07, 6.45) is 1.21. The zero-order valence-electron chi connectivity index (χ0n) is 20.1. The zero-order chi connectivity index (χ0) is 21.4. The highest BCUT2D eigenvalue weighted by molar-refractivity contribution is 5.05. The van der Waals surface area contributed by atoms with Gasteiger partial charge in [0.15, 0.2) is 0 Å². The highest BCUT2D eigenvalue weighted by Crippen LogP contribution is 2.38. The molecule has 0 aliphatic carbocycles. The van der Waals surface area contributed by atoms with Gasteiger partial charge in [0.05, 0.1) is 26.4 Å². The predicted molar refractivity (Wildman–Crippen MR) is 122 cm³/mol. The van der Waals surface area contributed by atoms with Gasteiger partial charge in [-0.05, 0) is 32.6 Å². The Morgan fingerprint density at radius 3 is 1.79 bits per heavy atom. The number of ether oxygens (including phenoxy) is 2. The summed E-state index contributed by atoms with van der Waals surface area (Å²) in [6.45, 7) is 26.8. The van der Waals surface area contributed by atoms with E-state index in [4.69, 9.17) is 9.47 Å². The van der Waals surface area contributed by atoms with Crippen molar-refractivity contribution in [1.29, 1.82) is 0 Å². The van der Waals surface area contributed by atoms with Gasteiger partial charge in [-0.2, -0.15) is 0 Å². The molecule has 2 N–H and O–H groups in total. The van der Waals surface area contributed by atoms with Gasteiger partial charge in [0, 0.05) is 69.9 Å². The number of hydrogen-bond acceptors (Lipinski definition) is 6. The Morgan fingerprint density at radius 1 is 0.793 bits per heavy atom. The van der Waals surface area contributed by atoms with E-state index in [0.717, 1.165) is 59.2 Å². The number of likely N-dealkylation sites (tertiary alicyclic amines) is 2. The summed E-state index contributed by atoms with van der Waals surface area (Å²) in [6, 6.07) is 0. The van der Waals surface area contributed by atoms with E-state index < -0.39 is 0 Å². The van der Waals surface area contributed by atoms with Crippen molar-refractivity contribution >= 4 is 0 Å². The van der Waals surface area contributed by atoms with Gasteiger partial charge >= 0.3 is 0 Å². The molecular formula is C23H48N4O2. The molecule has 2 rings (SSSR count). The van der Waals surface area contributed by atoms with E-state index >= 15 is 0 Å². The standard InChI is InChI=1S/C23H48N4O2/c1-7-22(5,6)16-24-8-12-28-14-10-26-17-23(18-26)19-27(20-23)11-15-29-13-9-25-21(2,3)4/h24-25H,7-20H2,1-6H3. The van der Waals surface area contributed by atoms with Crippen LogP contribution >= 0.6 is 0 Å². The van der Waals surface area contributed by atoms with Crippen LogP contribution in [0.15, 0.2) is 0 Å². The molecule has 0 bridgehead atoms. The summed E-state index contributed by atoms with van der Waals surface area (Å²) in [5, 5.41) is 6.96. The fraction of sp³-hybridized carbons (Fsp3) is 1.00. The van der Waals surface area contributed by atoms with Crippen molar-refractivity contribution in [3.63, 3.8) is 0 Å². The Balaban J connectivity index is 1.36. The Kier molecular flexibility index (Phi) is 9.84. The molecular weight excluding hydrogens is 364 g/mol. The molecule has 6 nitrogen and oxygen atoms in total. The molecule has 0 radical (unpaired) electrons. The summed E-state index contributed by atoms with van der Waals surface area (Å²) < 4.78 is 11.6. The normalized spacial score (nSPS) is 20.1. The van der Waals surface area contributed by atoms with Crippen LogP contribution in [-0.2, 0) is 9.47 Å². The molecule has 1 spiro atoms. The maximum atomic E-state index is 5.80. The first kappa shape index (κ1) is 25.0. The molecule has 2 saturated heterocycles. The van der Waals surface area contributed by atoms with Crippen LogP contribution in [0.5, 0.6) is 0 Å². The summed E-state index contributed by atoms with van der Waals surface area (Å²) >= 11 is 0. The van der Waals surface area contributed by atoms with Crippen LogP contribution in [0.3, 0.4) is 0 Å². The second-order valence-electron chi connectivity index (χ2n) is 11.0. The van der Waals surface area contributed by atoms with Crippen molar-refractivity contribution in [2.24, 2.45) is 10.8 Å². The second-order valence-corrected chi connectivity index (χ2v) is 11.0. The predicted octanol–water partition coefficient (Wildman–Crippen LogP) is 2.05. The van der Waals surface area contributed by atoms with Gasteiger partial charge in [-0.15, -0.1) is 0 Å². The molecule has 0 atom stereocenters. The van der Waals surface area contributed by atoms with E-state index in [1.54, 1.807) is 0 Å². The van der Waals surface area contributed by atoms with Crippen molar-refractivity contribution in [3.8, 4) is 0 Å². The van der Waals surface area contributed by atoms with Gasteiger partial charge in [-0.3, -0.25) is 9.80 Å². The van der Waals surface area contributed by atoms with E-state index in [1.165, 1.54) is 32.6 Å². The van der Waals surface area contributed by atoms with Crippen molar-refractivity contribution in [1.82, 2.24) is 20.4 Å². The van der Waals surface area contributed by atoms with Crippen molar-refractivity contribution in [3.05, 3.63) is 0 Å². The van der Waals surface area contributed by atoms with E-state index in [1.807, 2.05) is 0 Å². The van der Waals surface area contributed by atoms with Crippen LogP contribution < -0.4 is 10.6 Å². The van der Waals surface area contributed by atoms with Crippen molar-refractivity contribution in [2.75, 3.05) is 85.3 Å². The average Bonchev–Trinajstić information content (AvgIpc) is 2.57. The Morgan fingerprint density at radius 2 is 1.31 bits per heavy atom. The van der Waals surface area contributed by atoms with Crippen molar-refractivity contribution in [2.45, 2.75) is 53.5 Å². The zero-order valence-corrected chi connectivity index (χ0v) is 20.1. The molecule has 2 heterocycles. The Bertz CT molecular complexity index is 450. The third-order valence-electron chi connectivity index (χ3n) is 6.23. The third-order valence-corrected chi connectivity index (χ3v) is 6.23. The van der Waals surface area contributed by atoms with Crippen LogP contribution in [0.4, 0.5) is 0 Å². The molecule has 172 valence electrons. The molecule has 0 aromatic carbocycles. The summed E-state index contributed by atoms with van der Waals surface area (Å²) in [4.78, 5) is 5.08. The first-order chi connectivity index (χ1) is 13.6. The lowest BCUT2D eigenvalue weighted by atomic mass is 9.73. The maximum Gasteiger partial charge on any atom is 0.0594 e. The van der Waals surface area contributed by atoms with Crippen LogP contribution in [0.2, 0.25) is 0 Å². The van der Waals surface area contributed by atoms with Gasteiger partial charge in [-0.1, -0.05) is 20.8 Å². The quantitative estimate of drug-likeness (QED) is 0.402. The summed E-state index contributed by atoms with van der Waals surface area (Å²) in [5.74, 6) is 0. The molecule has 0 saturated carbocycles. The minimum atomic E-state index is 0.178. The van der Waals surface area contributed by atoms with Gasteiger partial charge in [0.25, 0.3) is 0 Å². The van der Waals surface area contributed by atoms with Crippen LogP contribution in [0.25, 0.3) is 0 Å². The van der Waals surface area contributed by atoms with Gasteiger partial charge < -0.3 is 20.1 Å². The minimum absolute atomic E-state index is 0.178. The number of hydrogen-bond donors (Lipinski definition) is 2. The second kappa shape index (κ2) is 11.4. The SMILES string of the molecule is CCC(C)(C)CNCCOCCN1CC2(C1)CN(CCOCCNC(C)(C)C)C2. The molecule has 2 fully saturated rings. The minimum Gasteiger partial charge on any atom is -0.379 e. The number of nitrogens with zero attached hydrogens (tertiary/aromatic N) is 2. The molecule has 0 aromatic heterocycles. The van der Waals surface area contributed by atoms with E-state index in [9.17, 15) is 0 Å². The molecule has 0 aromatic rings. The number of nitrogens with one attached hydrogen (secondary N) is 2. The molecule has 29 heavy (non-hydrogen) atoms. The molecule has 2 aliphatic rings. The molecule has 0 unspecified atom stereocenters. The van der Waals surface area contributed by atoms with Gasteiger partial charge in [-0.25, -0.2) is 0 Å². The highest BCUT2D eigenvalue weighted by Gasteiger charge is 2.50. The molecule has 6 heteroatoms. The third kappa shape index (κ3) is 9.62. The lowest BCUT2D eigenvalue weighted by molar-refractivity contribution is -0.123. The Hall–Kier alpha value is -0.240. The van der Waals surface area contributed by atoms with E-state index in [0.29, 0.717) is 10.8 Å². The number of rotatable bonds is 15. The fourth-order valence-corrected chi connectivity index (χ4v) is 4.11. The van der Waals surface area contributed by atoms with Crippen LogP contribution in [-0.4, -0.2) is 101 Å². The maximum absolute atomic E-state index is 5.80. The largest absolute Gasteiger partial charge is 0.379 e. The van der Waals surface area contributed by atoms with Crippen molar-refractivity contribution < 1.29 is 9.47 Å². The molecule has 0 amide bonds. The smallest absolute Gasteiger partial charge is 0.0594 e. The lowest BCUT2D eigenvalue weighted by Gasteiger charge is -2.60. The molecule has 2 aliphatic heterocycles. The van der Waals surface area contributed by atoms with E-state index in [-0.39, 0.29) is 5.54 Å². The lowest BCUT2D eigenvalue weighted by Crippen LogP contribution is -2.72. The first-order valence-corrected chi connectivity index (χ1v) is 11.7. The summed E-state index contributed by atoms with van der Waals surface area (Å²) in [7, 11) is 0. The van der Waals surface area contributed by atoms with E-state index in [2.05, 4.69) is 62.0 Å². The summed E-state index contributed by atoms with van der Waals surface area (Å²) in [5.41, 5.74) is 1.14. The monoisotopic (exact) mass is 412 g/mol. The fourth-order valence-electron chi connectivity index (χ4n) is 4.11. The van der Waals surface area contributed by atoms with Gasteiger partial charge in [0.2, 0.25) is 0 Å². The van der Waals surface area contributed by atoms with Crippen LogP contribution in [0.1, 0.15) is 48.0 Å². The Labute approximate surface area is 180 Å². The van der Waals surface area contributed by atoms with Gasteiger partial charge in [0.1, 0.15) is 0 Å². The first-order valence-electron chi connectivity index (χ1n) is 11.7. The topological polar surface area (TPSA) is 49.0 Å². The highest BCUT2D eigenvalue weighted by atomic mass is 16.5. The average molecular weight is 413 g/mol.